The monoisotopic (exact) mass is 410 g/mol. The average molecular weight is 410 g/mol. The zero-order chi connectivity index (χ0) is 21.1. The van der Waals surface area contributed by atoms with Gasteiger partial charge in [0.2, 0.25) is 11.8 Å². The Morgan fingerprint density at radius 3 is 2.57 bits per heavy atom. The van der Waals surface area contributed by atoms with Gasteiger partial charge in [-0.25, -0.2) is 4.39 Å². The molecule has 5 nitrogen and oxygen atoms in total. The SMILES string of the molecule is COCCN1C(=O)CC[C@@H](C(=O)N2CCc3ccccc3C2)[C@@H]1c1ccc(F)cc1. The maximum Gasteiger partial charge on any atom is 0.228 e. The van der Waals surface area contributed by atoms with Crippen molar-refractivity contribution in [3.05, 3.63) is 71.0 Å². The molecule has 0 spiro atoms. The molecule has 158 valence electrons. The number of benzene rings is 2. The van der Waals surface area contributed by atoms with Crippen LogP contribution in [0, 0.1) is 11.7 Å². The molecule has 30 heavy (non-hydrogen) atoms. The van der Waals surface area contributed by atoms with Crippen LogP contribution < -0.4 is 0 Å². The minimum absolute atomic E-state index is 0.00872. The third-order valence-electron chi connectivity index (χ3n) is 6.21. The Bertz CT molecular complexity index is 915. The van der Waals surface area contributed by atoms with Crippen LogP contribution in [0.4, 0.5) is 4.39 Å². The Kier molecular flexibility index (Phi) is 6.13. The molecule has 0 bridgehead atoms. The summed E-state index contributed by atoms with van der Waals surface area (Å²) in [4.78, 5) is 30.0. The Balaban J connectivity index is 1.63. The van der Waals surface area contributed by atoms with Gasteiger partial charge in [0.25, 0.3) is 0 Å². The summed E-state index contributed by atoms with van der Waals surface area (Å²) < 4.78 is 18.7. The summed E-state index contributed by atoms with van der Waals surface area (Å²) in [5.74, 6) is -0.613. The molecule has 2 aliphatic rings. The highest BCUT2D eigenvalue weighted by Gasteiger charge is 2.42. The number of hydrogen-bond donors (Lipinski definition) is 0. The van der Waals surface area contributed by atoms with Gasteiger partial charge >= 0.3 is 0 Å². The van der Waals surface area contributed by atoms with Crippen molar-refractivity contribution >= 4 is 11.8 Å². The molecule has 2 aliphatic heterocycles. The van der Waals surface area contributed by atoms with E-state index in [1.807, 2.05) is 17.0 Å². The van der Waals surface area contributed by atoms with Gasteiger partial charge in [0.05, 0.1) is 18.6 Å². The van der Waals surface area contributed by atoms with Crippen LogP contribution in [0.2, 0.25) is 0 Å². The number of hydrogen-bond acceptors (Lipinski definition) is 3. The number of ether oxygens (including phenoxy) is 1. The van der Waals surface area contributed by atoms with Crippen molar-refractivity contribution in [3.63, 3.8) is 0 Å². The second kappa shape index (κ2) is 8.96. The molecule has 0 aromatic heterocycles. The topological polar surface area (TPSA) is 49.9 Å². The number of carbonyl (C=O) groups is 2. The molecular formula is C24H27FN2O3. The lowest BCUT2D eigenvalue weighted by molar-refractivity contribution is -0.149. The maximum absolute atomic E-state index is 13.6. The first-order valence-corrected chi connectivity index (χ1v) is 10.5. The number of likely N-dealkylation sites (tertiary alicyclic amines) is 1. The molecule has 0 radical (unpaired) electrons. The van der Waals surface area contributed by atoms with Crippen molar-refractivity contribution in [1.82, 2.24) is 9.80 Å². The second-order valence-electron chi connectivity index (χ2n) is 8.00. The van der Waals surface area contributed by atoms with Crippen LogP contribution >= 0.6 is 0 Å². The first kappa shape index (κ1) is 20.5. The van der Waals surface area contributed by atoms with E-state index in [1.165, 1.54) is 23.3 Å². The van der Waals surface area contributed by atoms with E-state index in [0.29, 0.717) is 39.1 Å². The fourth-order valence-corrected chi connectivity index (χ4v) is 4.66. The molecule has 0 aliphatic carbocycles. The van der Waals surface area contributed by atoms with Crippen molar-refractivity contribution in [1.29, 1.82) is 0 Å². The van der Waals surface area contributed by atoms with Crippen LogP contribution in [0.5, 0.6) is 0 Å². The van der Waals surface area contributed by atoms with Gasteiger partial charge in [0.15, 0.2) is 0 Å². The van der Waals surface area contributed by atoms with Crippen LogP contribution in [0.3, 0.4) is 0 Å². The predicted molar refractivity (Wildman–Crippen MR) is 111 cm³/mol. The highest BCUT2D eigenvalue weighted by molar-refractivity contribution is 5.85. The normalized spacial score (nSPS) is 21.5. The van der Waals surface area contributed by atoms with E-state index in [0.717, 1.165) is 12.0 Å². The van der Waals surface area contributed by atoms with Crippen LogP contribution in [-0.4, -0.2) is 48.4 Å². The molecule has 2 amide bonds. The Hall–Kier alpha value is -2.73. The molecular weight excluding hydrogens is 383 g/mol. The summed E-state index contributed by atoms with van der Waals surface area (Å²) in [6.45, 7) is 2.06. The zero-order valence-corrected chi connectivity index (χ0v) is 17.2. The molecule has 1 saturated heterocycles. The van der Waals surface area contributed by atoms with Crippen molar-refractivity contribution in [2.75, 3.05) is 26.8 Å². The Morgan fingerprint density at radius 2 is 1.83 bits per heavy atom. The van der Waals surface area contributed by atoms with Crippen molar-refractivity contribution in [2.24, 2.45) is 5.92 Å². The summed E-state index contributed by atoms with van der Waals surface area (Å²) in [5.41, 5.74) is 3.26. The van der Waals surface area contributed by atoms with Crippen molar-refractivity contribution in [2.45, 2.75) is 31.8 Å². The molecule has 1 fully saturated rings. The van der Waals surface area contributed by atoms with Gasteiger partial charge in [0.1, 0.15) is 5.82 Å². The van der Waals surface area contributed by atoms with E-state index in [4.69, 9.17) is 4.74 Å². The number of piperidine rings is 1. The minimum Gasteiger partial charge on any atom is -0.383 e. The number of rotatable bonds is 5. The average Bonchev–Trinajstić information content (AvgIpc) is 2.78. The summed E-state index contributed by atoms with van der Waals surface area (Å²) in [5, 5.41) is 0. The molecule has 2 aromatic rings. The lowest BCUT2D eigenvalue weighted by Gasteiger charge is -2.43. The molecule has 2 aromatic carbocycles. The molecule has 6 heteroatoms. The first-order valence-electron chi connectivity index (χ1n) is 10.5. The summed E-state index contributed by atoms with van der Waals surface area (Å²) in [7, 11) is 1.59. The molecule has 2 atom stereocenters. The summed E-state index contributed by atoms with van der Waals surface area (Å²) >= 11 is 0. The predicted octanol–water partition coefficient (Wildman–Crippen LogP) is 3.34. The molecule has 4 rings (SSSR count). The minimum atomic E-state index is -0.410. The quantitative estimate of drug-likeness (QED) is 0.760. The number of halogens is 1. The second-order valence-corrected chi connectivity index (χ2v) is 8.00. The van der Waals surface area contributed by atoms with Crippen LogP contribution in [0.15, 0.2) is 48.5 Å². The number of nitrogens with zero attached hydrogens (tertiary/aromatic N) is 2. The van der Waals surface area contributed by atoms with Gasteiger partial charge in [-0.2, -0.15) is 0 Å². The number of amides is 2. The molecule has 0 N–H and O–H groups in total. The van der Waals surface area contributed by atoms with Crippen molar-refractivity contribution < 1.29 is 18.7 Å². The molecule has 2 heterocycles. The number of fused-ring (bicyclic) bond motifs is 1. The van der Waals surface area contributed by atoms with Gasteiger partial charge in [0, 0.05) is 33.2 Å². The van der Waals surface area contributed by atoms with E-state index in [1.54, 1.807) is 24.1 Å². The Morgan fingerprint density at radius 1 is 1.10 bits per heavy atom. The van der Waals surface area contributed by atoms with Gasteiger partial charge in [-0.15, -0.1) is 0 Å². The van der Waals surface area contributed by atoms with Gasteiger partial charge < -0.3 is 14.5 Å². The van der Waals surface area contributed by atoms with Gasteiger partial charge in [-0.3, -0.25) is 9.59 Å². The third-order valence-corrected chi connectivity index (χ3v) is 6.21. The van der Waals surface area contributed by atoms with E-state index in [9.17, 15) is 14.0 Å². The highest BCUT2D eigenvalue weighted by Crippen LogP contribution is 2.38. The number of carbonyl (C=O) groups excluding carboxylic acids is 2. The highest BCUT2D eigenvalue weighted by atomic mass is 19.1. The molecule has 0 unspecified atom stereocenters. The van der Waals surface area contributed by atoms with E-state index >= 15 is 0 Å². The fraction of sp³-hybridized carbons (Fsp3) is 0.417. The lowest BCUT2D eigenvalue weighted by atomic mass is 9.82. The van der Waals surface area contributed by atoms with Crippen LogP contribution in [-0.2, 0) is 27.3 Å². The smallest absolute Gasteiger partial charge is 0.228 e. The van der Waals surface area contributed by atoms with Gasteiger partial charge in [-0.1, -0.05) is 36.4 Å². The van der Waals surface area contributed by atoms with Crippen molar-refractivity contribution in [3.8, 4) is 0 Å². The van der Waals surface area contributed by atoms with Crippen LogP contribution in [0.25, 0.3) is 0 Å². The summed E-state index contributed by atoms with van der Waals surface area (Å²) in [6.07, 6.45) is 1.67. The fourth-order valence-electron chi connectivity index (χ4n) is 4.66. The van der Waals surface area contributed by atoms with E-state index in [-0.39, 0.29) is 23.5 Å². The summed E-state index contributed by atoms with van der Waals surface area (Å²) in [6, 6.07) is 14.0. The van der Waals surface area contributed by atoms with E-state index < -0.39 is 6.04 Å². The largest absolute Gasteiger partial charge is 0.383 e. The van der Waals surface area contributed by atoms with Crippen LogP contribution in [0.1, 0.15) is 35.6 Å². The third kappa shape index (κ3) is 4.10. The maximum atomic E-state index is 13.6. The first-order chi connectivity index (χ1) is 14.6. The van der Waals surface area contributed by atoms with Gasteiger partial charge in [-0.05, 0) is 41.7 Å². The lowest BCUT2D eigenvalue weighted by Crippen LogP contribution is -2.50. The van der Waals surface area contributed by atoms with E-state index in [2.05, 4.69) is 12.1 Å². The Labute approximate surface area is 176 Å². The zero-order valence-electron chi connectivity index (χ0n) is 17.2. The standard InChI is InChI=1S/C24H27FN2O3/c1-30-15-14-27-22(28)11-10-21(23(27)18-6-8-20(25)9-7-18)24(29)26-13-12-17-4-2-3-5-19(17)16-26/h2-9,21,23H,10-16H2,1H3/t21-,23+/m1/s1. The number of methoxy groups -OCH3 is 1. The molecule has 0 saturated carbocycles.